The number of nitrogens with zero attached hydrogens (tertiary/aromatic N) is 2. The number of ether oxygens (including phenoxy) is 1. The van der Waals surface area contributed by atoms with Gasteiger partial charge in [0.15, 0.2) is 5.78 Å². The lowest BCUT2D eigenvalue weighted by molar-refractivity contribution is -0.137. The molecule has 32 heavy (non-hydrogen) atoms. The normalized spacial score (nSPS) is 11.4. The summed E-state index contributed by atoms with van der Waals surface area (Å²) in [6.07, 6.45) is -1.32. The second kappa shape index (κ2) is 8.70. The van der Waals surface area contributed by atoms with Crippen LogP contribution in [0.4, 0.5) is 13.2 Å². The second-order valence-corrected chi connectivity index (χ2v) is 7.32. The third-order valence-electron chi connectivity index (χ3n) is 4.92. The minimum atomic E-state index is -4.43. The molecule has 0 bridgehead atoms. The molecule has 1 heterocycles. The van der Waals surface area contributed by atoms with E-state index in [0.29, 0.717) is 16.7 Å². The van der Waals surface area contributed by atoms with Crippen LogP contribution in [0.2, 0.25) is 0 Å². The van der Waals surface area contributed by atoms with Gasteiger partial charge in [0.05, 0.1) is 28.6 Å². The average Bonchev–Trinajstić information content (AvgIpc) is 3.28. The zero-order valence-corrected chi connectivity index (χ0v) is 17.1. The van der Waals surface area contributed by atoms with E-state index in [1.165, 1.54) is 12.3 Å². The van der Waals surface area contributed by atoms with Crippen molar-refractivity contribution in [2.45, 2.75) is 19.7 Å². The maximum Gasteiger partial charge on any atom is 0.416 e. The zero-order chi connectivity index (χ0) is 22.7. The Morgan fingerprint density at radius 3 is 2.50 bits per heavy atom. The Labute approximate surface area is 182 Å². The van der Waals surface area contributed by atoms with Crippen molar-refractivity contribution in [1.29, 1.82) is 0 Å². The highest BCUT2D eigenvalue weighted by Gasteiger charge is 2.30. The summed E-state index contributed by atoms with van der Waals surface area (Å²) in [4.78, 5) is 13.1. The summed E-state index contributed by atoms with van der Waals surface area (Å²) >= 11 is 0. The van der Waals surface area contributed by atoms with Crippen molar-refractivity contribution in [2.24, 2.45) is 0 Å². The first-order chi connectivity index (χ1) is 15.3. The van der Waals surface area contributed by atoms with Gasteiger partial charge in [0, 0.05) is 6.20 Å². The Morgan fingerprint density at radius 1 is 1.00 bits per heavy atom. The number of hydrogen-bond donors (Lipinski definition) is 0. The van der Waals surface area contributed by atoms with Crippen molar-refractivity contribution in [1.82, 2.24) is 9.78 Å². The molecule has 0 spiro atoms. The van der Waals surface area contributed by atoms with Crippen molar-refractivity contribution in [2.75, 3.05) is 0 Å². The van der Waals surface area contributed by atoms with Crippen molar-refractivity contribution >= 4 is 5.78 Å². The molecule has 0 amide bonds. The Morgan fingerprint density at radius 2 is 1.75 bits per heavy atom. The van der Waals surface area contributed by atoms with E-state index in [0.717, 1.165) is 23.4 Å². The van der Waals surface area contributed by atoms with Crippen LogP contribution in [0.5, 0.6) is 5.75 Å². The lowest BCUT2D eigenvalue weighted by Gasteiger charge is -2.12. The van der Waals surface area contributed by atoms with Crippen LogP contribution in [0.1, 0.15) is 32.6 Å². The van der Waals surface area contributed by atoms with Crippen molar-refractivity contribution in [3.05, 3.63) is 113 Å². The first-order valence-corrected chi connectivity index (χ1v) is 9.85. The van der Waals surface area contributed by atoms with Crippen molar-refractivity contribution in [3.63, 3.8) is 0 Å². The number of carbonyl (C=O) groups excluding carboxylic acids is 1. The summed E-state index contributed by atoms with van der Waals surface area (Å²) in [6, 6.07) is 19.3. The number of rotatable bonds is 6. The molecule has 7 heteroatoms. The molecule has 0 unspecified atom stereocenters. The van der Waals surface area contributed by atoms with Gasteiger partial charge in [-0.05, 0) is 48.9 Å². The van der Waals surface area contributed by atoms with E-state index in [1.54, 1.807) is 41.2 Å². The monoisotopic (exact) mass is 436 g/mol. The maximum atomic E-state index is 13.1. The fourth-order valence-corrected chi connectivity index (χ4v) is 3.21. The predicted molar refractivity (Wildman–Crippen MR) is 114 cm³/mol. The number of alkyl halides is 3. The van der Waals surface area contributed by atoms with Gasteiger partial charge in [-0.1, -0.05) is 42.0 Å². The number of carbonyl (C=O) groups is 1. The fraction of sp³-hybridized carbons (Fsp3) is 0.120. The molecular weight excluding hydrogens is 417 g/mol. The number of aromatic nitrogens is 2. The van der Waals surface area contributed by atoms with E-state index in [9.17, 15) is 18.0 Å². The van der Waals surface area contributed by atoms with Gasteiger partial charge >= 0.3 is 6.18 Å². The van der Waals surface area contributed by atoms with Crippen molar-refractivity contribution in [3.8, 4) is 11.4 Å². The Balaban J connectivity index is 1.54. The second-order valence-electron chi connectivity index (χ2n) is 7.32. The average molecular weight is 436 g/mol. The standard InChI is InChI=1S/C25H19F3N2O2/c1-17-9-11-21(12-10-17)30-15-19(14-29-30)24(31)22-7-2-3-8-23(22)32-16-18-5-4-6-20(13-18)25(26,27)28/h2-15H,16H2,1H3. The van der Waals surface area contributed by atoms with Crippen LogP contribution in [-0.2, 0) is 12.8 Å². The summed E-state index contributed by atoms with van der Waals surface area (Å²) in [7, 11) is 0. The summed E-state index contributed by atoms with van der Waals surface area (Å²) in [6.45, 7) is 1.88. The molecule has 4 rings (SSSR count). The largest absolute Gasteiger partial charge is 0.488 e. The van der Waals surface area contributed by atoms with Crippen LogP contribution in [0, 0.1) is 6.92 Å². The topological polar surface area (TPSA) is 44.1 Å². The molecular formula is C25H19F3N2O2. The SMILES string of the molecule is Cc1ccc(-n2cc(C(=O)c3ccccc3OCc3cccc(C(F)(F)F)c3)cn2)cc1. The Bertz CT molecular complexity index is 1240. The maximum absolute atomic E-state index is 13.1. The van der Waals surface area contributed by atoms with Crippen LogP contribution in [-0.4, -0.2) is 15.6 Å². The minimum Gasteiger partial charge on any atom is -0.488 e. The number of ketones is 1. The number of para-hydroxylation sites is 1. The van der Waals surface area contributed by atoms with E-state index < -0.39 is 11.7 Å². The van der Waals surface area contributed by atoms with E-state index >= 15 is 0 Å². The van der Waals surface area contributed by atoms with Gasteiger partial charge in [-0.25, -0.2) is 4.68 Å². The van der Waals surface area contributed by atoms with Gasteiger partial charge < -0.3 is 4.74 Å². The van der Waals surface area contributed by atoms with Gasteiger partial charge in [0.25, 0.3) is 0 Å². The molecule has 0 saturated carbocycles. The fourth-order valence-electron chi connectivity index (χ4n) is 3.21. The first-order valence-electron chi connectivity index (χ1n) is 9.85. The van der Waals surface area contributed by atoms with Gasteiger partial charge in [0.1, 0.15) is 12.4 Å². The molecule has 0 N–H and O–H groups in total. The molecule has 0 radical (unpaired) electrons. The molecule has 0 aliphatic heterocycles. The molecule has 0 atom stereocenters. The summed E-state index contributed by atoms with van der Waals surface area (Å²) < 4.78 is 46.2. The smallest absolute Gasteiger partial charge is 0.416 e. The number of hydrogen-bond acceptors (Lipinski definition) is 3. The summed E-state index contributed by atoms with van der Waals surface area (Å²) in [5, 5.41) is 4.27. The molecule has 1 aromatic heterocycles. The van der Waals surface area contributed by atoms with Crippen LogP contribution in [0.25, 0.3) is 5.69 Å². The first kappa shape index (κ1) is 21.4. The summed E-state index contributed by atoms with van der Waals surface area (Å²) in [5.41, 5.74) is 2.23. The zero-order valence-electron chi connectivity index (χ0n) is 17.1. The number of benzene rings is 3. The van der Waals surface area contributed by atoms with Crippen LogP contribution in [0.15, 0.2) is 85.2 Å². The van der Waals surface area contributed by atoms with E-state index in [4.69, 9.17) is 4.74 Å². The molecule has 0 fully saturated rings. The molecule has 4 nitrogen and oxygen atoms in total. The van der Waals surface area contributed by atoms with Gasteiger partial charge in [-0.15, -0.1) is 0 Å². The highest BCUT2D eigenvalue weighted by Crippen LogP contribution is 2.30. The van der Waals surface area contributed by atoms with E-state index in [1.807, 2.05) is 31.2 Å². The van der Waals surface area contributed by atoms with Crippen molar-refractivity contribution < 1.29 is 22.7 Å². The molecule has 0 saturated heterocycles. The van der Waals surface area contributed by atoms with E-state index in [2.05, 4.69) is 5.10 Å². The highest BCUT2D eigenvalue weighted by molar-refractivity contribution is 6.10. The van der Waals surface area contributed by atoms with Crippen LogP contribution >= 0.6 is 0 Å². The van der Waals surface area contributed by atoms with Gasteiger partial charge in [0.2, 0.25) is 0 Å². The van der Waals surface area contributed by atoms with Crippen LogP contribution < -0.4 is 4.74 Å². The lowest BCUT2D eigenvalue weighted by Crippen LogP contribution is -2.07. The van der Waals surface area contributed by atoms with Gasteiger partial charge in [-0.3, -0.25) is 4.79 Å². The minimum absolute atomic E-state index is 0.100. The molecule has 0 aliphatic carbocycles. The van der Waals surface area contributed by atoms with Gasteiger partial charge in [-0.2, -0.15) is 18.3 Å². The molecule has 3 aromatic carbocycles. The predicted octanol–water partition coefficient (Wildman–Crippen LogP) is 6.01. The van der Waals surface area contributed by atoms with Crippen LogP contribution in [0.3, 0.4) is 0 Å². The Kier molecular flexibility index (Phi) is 5.81. The lowest BCUT2D eigenvalue weighted by atomic mass is 10.1. The third kappa shape index (κ3) is 4.72. The number of aryl methyl sites for hydroxylation is 1. The Hall–Kier alpha value is -3.87. The number of halogens is 3. The third-order valence-corrected chi connectivity index (χ3v) is 4.92. The van der Waals surface area contributed by atoms with E-state index in [-0.39, 0.29) is 18.1 Å². The highest BCUT2D eigenvalue weighted by atomic mass is 19.4. The molecule has 162 valence electrons. The molecule has 4 aromatic rings. The summed E-state index contributed by atoms with van der Waals surface area (Å²) in [5.74, 6) is 0.000927. The quantitative estimate of drug-likeness (QED) is 0.348. The molecule has 0 aliphatic rings.